The normalized spacial score (nSPS) is 25.5. The highest BCUT2D eigenvalue weighted by atomic mass is 16.5. The van der Waals surface area contributed by atoms with Gasteiger partial charge in [-0.2, -0.15) is 0 Å². The van der Waals surface area contributed by atoms with Crippen LogP contribution in [0.15, 0.2) is 0 Å². The predicted octanol–water partition coefficient (Wildman–Crippen LogP) is -1.12. The van der Waals surface area contributed by atoms with Gasteiger partial charge in [-0.05, 0) is 0 Å². The lowest BCUT2D eigenvalue weighted by atomic mass is 10.0. The molecule has 0 aromatic heterocycles. The number of piperazine rings is 1. The van der Waals surface area contributed by atoms with Crippen molar-refractivity contribution in [1.29, 1.82) is 0 Å². The quantitative estimate of drug-likeness (QED) is 0.548. The van der Waals surface area contributed by atoms with Crippen LogP contribution in [0.1, 0.15) is 6.92 Å². The second-order valence-corrected chi connectivity index (χ2v) is 3.20. The molecule has 1 fully saturated rings. The lowest BCUT2D eigenvalue weighted by molar-refractivity contribution is -0.135. The van der Waals surface area contributed by atoms with Crippen molar-refractivity contribution >= 4 is 11.8 Å². The minimum atomic E-state index is -0.322. The van der Waals surface area contributed by atoms with Crippen LogP contribution in [0.25, 0.3) is 0 Å². The smallest absolute Gasteiger partial charge is 0.244 e. The van der Waals surface area contributed by atoms with Crippen molar-refractivity contribution < 1.29 is 14.3 Å². The van der Waals surface area contributed by atoms with Crippen LogP contribution in [0.2, 0.25) is 0 Å². The average Bonchev–Trinajstić information content (AvgIpc) is 2.04. The van der Waals surface area contributed by atoms with Crippen LogP contribution >= 0.6 is 0 Å². The van der Waals surface area contributed by atoms with E-state index in [-0.39, 0.29) is 30.3 Å². The zero-order valence-corrected chi connectivity index (χ0v) is 7.79. The SMILES string of the molecule is COCC(C)C1NCC(=O)NC1=O. The van der Waals surface area contributed by atoms with Crippen molar-refractivity contribution in [2.45, 2.75) is 13.0 Å². The molecule has 2 N–H and O–H groups in total. The first-order valence-electron chi connectivity index (χ1n) is 4.21. The topological polar surface area (TPSA) is 67.4 Å². The van der Waals surface area contributed by atoms with Gasteiger partial charge in [0.05, 0.1) is 19.2 Å². The lowest BCUT2D eigenvalue weighted by Gasteiger charge is -2.26. The summed E-state index contributed by atoms with van der Waals surface area (Å²) in [6.45, 7) is 2.60. The van der Waals surface area contributed by atoms with Crippen LogP contribution in [-0.4, -0.2) is 38.1 Å². The molecule has 0 saturated carbocycles. The van der Waals surface area contributed by atoms with E-state index in [4.69, 9.17) is 4.74 Å². The fourth-order valence-electron chi connectivity index (χ4n) is 1.37. The third-order valence-corrected chi connectivity index (χ3v) is 2.03. The summed E-state index contributed by atoms with van der Waals surface area (Å²) in [5.41, 5.74) is 0. The largest absolute Gasteiger partial charge is 0.384 e. The van der Waals surface area contributed by atoms with Crippen molar-refractivity contribution in [1.82, 2.24) is 10.6 Å². The van der Waals surface area contributed by atoms with Gasteiger partial charge in [-0.3, -0.25) is 20.2 Å². The summed E-state index contributed by atoms with van der Waals surface area (Å²) in [6, 6.07) is -0.322. The van der Waals surface area contributed by atoms with E-state index < -0.39 is 0 Å². The molecule has 0 aromatic carbocycles. The van der Waals surface area contributed by atoms with Gasteiger partial charge in [0.2, 0.25) is 11.8 Å². The van der Waals surface area contributed by atoms with Gasteiger partial charge in [0, 0.05) is 13.0 Å². The fraction of sp³-hybridized carbons (Fsp3) is 0.750. The third-order valence-electron chi connectivity index (χ3n) is 2.03. The number of ether oxygens (including phenoxy) is 1. The first kappa shape index (κ1) is 10.1. The summed E-state index contributed by atoms with van der Waals surface area (Å²) in [5.74, 6) is -0.468. The molecule has 0 radical (unpaired) electrons. The predicted molar refractivity (Wildman–Crippen MR) is 46.0 cm³/mol. The molecular formula is C8H14N2O3. The molecule has 1 aliphatic rings. The Morgan fingerprint density at radius 2 is 2.31 bits per heavy atom. The maximum atomic E-state index is 11.3. The number of carbonyl (C=O) groups is 2. The summed E-state index contributed by atoms with van der Waals surface area (Å²) >= 11 is 0. The number of rotatable bonds is 3. The molecule has 1 heterocycles. The van der Waals surface area contributed by atoms with Crippen molar-refractivity contribution in [3.8, 4) is 0 Å². The van der Waals surface area contributed by atoms with E-state index in [9.17, 15) is 9.59 Å². The van der Waals surface area contributed by atoms with E-state index in [1.54, 1.807) is 7.11 Å². The summed E-state index contributed by atoms with van der Waals surface area (Å²) < 4.78 is 4.93. The van der Waals surface area contributed by atoms with Gasteiger partial charge in [0.15, 0.2) is 0 Å². The highest BCUT2D eigenvalue weighted by Crippen LogP contribution is 2.05. The van der Waals surface area contributed by atoms with Gasteiger partial charge < -0.3 is 4.74 Å². The summed E-state index contributed by atoms with van der Waals surface area (Å²) in [4.78, 5) is 22.0. The molecule has 5 nitrogen and oxygen atoms in total. The number of carbonyl (C=O) groups excluding carboxylic acids is 2. The summed E-state index contributed by atoms with van der Waals surface area (Å²) in [7, 11) is 1.59. The Balaban J connectivity index is 2.50. The third kappa shape index (κ3) is 2.50. The molecule has 0 spiro atoms. The van der Waals surface area contributed by atoms with Gasteiger partial charge in [0.1, 0.15) is 0 Å². The zero-order chi connectivity index (χ0) is 9.84. The van der Waals surface area contributed by atoms with Crippen LogP contribution in [0, 0.1) is 5.92 Å². The second kappa shape index (κ2) is 4.34. The molecule has 1 rings (SSSR count). The number of nitrogens with one attached hydrogen (secondary N) is 2. The van der Waals surface area contributed by atoms with Gasteiger partial charge in [-0.1, -0.05) is 6.92 Å². The van der Waals surface area contributed by atoms with E-state index in [1.807, 2.05) is 6.92 Å². The highest BCUT2D eigenvalue weighted by Gasteiger charge is 2.30. The first-order valence-corrected chi connectivity index (χ1v) is 4.21. The maximum absolute atomic E-state index is 11.3. The standard InChI is InChI=1S/C8H14N2O3/c1-5(4-13-2)7-8(12)10-6(11)3-9-7/h5,7,9H,3-4H2,1-2H3,(H,10,11,12). The second-order valence-electron chi connectivity index (χ2n) is 3.20. The molecule has 74 valence electrons. The number of imide groups is 1. The zero-order valence-electron chi connectivity index (χ0n) is 7.79. The maximum Gasteiger partial charge on any atom is 0.244 e. The first-order chi connectivity index (χ1) is 6.15. The molecule has 13 heavy (non-hydrogen) atoms. The Morgan fingerprint density at radius 1 is 1.62 bits per heavy atom. The van der Waals surface area contributed by atoms with Crippen LogP contribution in [0.4, 0.5) is 0 Å². The van der Waals surface area contributed by atoms with E-state index in [1.165, 1.54) is 0 Å². The van der Waals surface area contributed by atoms with E-state index in [0.717, 1.165) is 0 Å². The van der Waals surface area contributed by atoms with E-state index in [0.29, 0.717) is 6.61 Å². The van der Waals surface area contributed by atoms with Gasteiger partial charge >= 0.3 is 0 Å². The number of methoxy groups -OCH3 is 1. The minimum Gasteiger partial charge on any atom is -0.384 e. The van der Waals surface area contributed by atoms with Crippen molar-refractivity contribution in [3.63, 3.8) is 0 Å². The van der Waals surface area contributed by atoms with Crippen molar-refractivity contribution in [3.05, 3.63) is 0 Å². The fourth-order valence-corrected chi connectivity index (χ4v) is 1.37. The van der Waals surface area contributed by atoms with Gasteiger partial charge in [-0.15, -0.1) is 0 Å². The number of amides is 2. The van der Waals surface area contributed by atoms with Crippen LogP contribution in [-0.2, 0) is 14.3 Å². The van der Waals surface area contributed by atoms with Crippen molar-refractivity contribution in [2.24, 2.45) is 5.92 Å². The Morgan fingerprint density at radius 3 is 2.85 bits per heavy atom. The monoisotopic (exact) mass is 186 g/mol. The molecule has 0 aromatic rings. The molecule has 0 bridgehead atoms. The molecular weight excluding hydrogens is 172 g/mol. The number of hydrogen-bond acceptors (Lipinski definition) is 4. The molecule has 0 aliphatic carbocycles. The van der Waals surface area contributed by atoms with Crippen LogP contribution in [0.3, 0.4) is 0 Å². The summed E-state index contributed by atoms with van der Waals surface area (Å²) in [6.07, 6.45) is 0. The number of hydrogen-bond donors (Lipinski definition) is 2. The molecule has 2 unspecified atom stereocenters. The molecule has 2 amide bonds. The van der Waals surface area contributed by atoms with Gasteiger partial charge in [-0.25, -0.2) is 0 Å². The molecule has 5 heteroatoms. The van der Waals surface area contributed by atoms with E-state index >= 15 is 0 Å². The Bertz CT molecular complexity index is 217. The van der Waals surface area contributed by atoms with Crippen LogP contribution < -0.4 is 10.6 Å². The van der Waals surface area contributed by atoms with E-state index in [2.05, 4.69) is 10.6 Å². The van der Waals surface area contributed by atoms with Crippen LogP contribution in [0.5, 0.6) is 0 Å². The Kier molecular flexibility index (Phi) is 3.39. The molecule has 1 aliphatic heterocycles. The molecule has 2 atom stereocenters. The highest BCUT2D eigenvalue weighted by molar-refractivity contribution is 6.01. The molecule has 1 saturated heterocycles. The minimum absolute atomic E-state index is 0.0677. The Hall–Kier alpha value is -0.940. The Labute approximate surface area is 76.8 Å². The summed E-state index contributed by atoms with van der Waals surface area (Å²) in [5, 5.41) is 5.13. The average molecular weight is 186 g/mol. The lowest BCUT2D eigenvalue weighted by Crippen LogP contribution is -2.58. The van der Waals surface area contributed by atoms with Crippen molar-refractivity contribution in [2.75, 3.05) is 20.3 Å². The van der Waals surface area contributed by atoms with Gasteiger partial charge in [0.25, 0.3) is 0 Å².